The van der Waals surface area contributed by atoms with Gasteiger partial charge in [-0.25, -0.2) is 13.4 Å². The SMILES string of the molecule is CC(C)S(=O)(=O)Cc1ncco1. The molecule has 1 aromatic heterocycles. The van der Waals surface area contributed by atoms with Gasteiger partial charge in [0.2, 0.25) is 5.89 Å². The van der Waals surface area contributed by atoms with Crippen molar-refractivity contribution in [3.05, 3.63) is 18.4 Å². The largest absolute Gasteiger partial charge is 0.448 e. The maximum atomic E-state index is 11.3. The third-order valence-electron chi connectivity index (χ3n) is 1.53. The molecule has 1 rings (SSSR count). The smallest absolute Gasteiger partial charge is 0.209 e. The van der Waals surface area contributed by atoms with E-state index in [1.165, 1.54) is 12.5 Å². The highest BCUT2D eigenvalue weighted by atomic mass is 32.2. The number of sulfone groups is 1. The average molecular weight is 189 g/mol. The molecule has 0 N–H and O–H groups in total. The van der Waals surface area contributed by atoms with Crippen LogP contribution in [0.5, 0.6) is 0 Å². The van der Waals surface area contributed by atoms with E-state index in [0.717, 1.165) is 0 Å². The molecule has 0 fully saturated rings. The van der Waals surface area contributed by atoms with Gasteiger partial charge in [0.25, 0.3) is 0 Å². The van der Waals surface area contributed by atoms with Gasteiger partial charge in [-0.1, -0.05) is 0 Å². The summed E-state index contributed by atoms with van der Waals surface area (Å²) in [5, 5.41) is -0.385. The van der Waals surface area contributed by atoms with E-state index in [9.17, 15) is 8.42 Å². The molecule has 5 heteroatoms. The van der Waals surface area contributed by atoms with Crippen LogP contribution in [-0.2, 0) is 15.6 Å². The molecule has 12 heavy (non-hydrogen) atoms. The van der Waals surface area contributed by atoms with Gasteiger partial charge in [-0.05, 0) is 13.8 Å². The maximum absolute atomic E-state index is 11.3. The number of rotatable bonds is 3. The molecule has 0 spiro atoms. The van der Waals surface area contributed by atoms with E-state index in [1.807, 2.05) is 0 Å². The minimum Gasteiger partial charge on any atom is -0.448 e. The molecule has 0 radical (unpaired) electrons. The Bertz CT molecular complexity index is 326. The first-order valence-electron chi connectivity index (χ1n) is 3.62. The highest BCUT2D eigenvalue weighted by molar-refractivity contribution is 7.91. The van der Waals surface area contributed by atoms with E-state index >= 15 is 0 Å². The molecule has 0 saturated heterocycles. The third kappa shape index (κ3) is 2.07. The van der Waals surface area contributed by atoms with Crippen LogP contribution in [0, 0.1) is 0 Å². The minimum absolute atomic E-state index is 0.113. The predicted molar refractivity (Wildman–Crippen MR) is 44.3 cm³/mol. The average Bonchev–Trinajstić information content (AvgIpc) is 2.38. The molecule has 0 unspecified atom stereocenters. The summed E-state index contributed by atoms with van der Waals surface area (Å²) in [5.41, 5.74) is 0. The molecule has 1 heterocycles. The summed E-state index contributed by atoms with van der Waals surface area (Å²) in [4.78, 5) is 3.74. The van der Waals surface area contributed by atoms with Gasteiger partial charge in [0.1, 0.15) is 12.0 Å². The Hall–Kier alpha value is -0.840. The fourth-order valence-electron chi connectivity index (χ4n) is 0.663. The Morgan fingerprint density at radius 3 is 2.67 bits per heavy atom. The zero-order valence-electron chi connectivity index (χ0n) is 7.02. The summed E-state index contributed by atoms with van der Waals surface area (Å²) in [6.07, 6.45) is 2.80. The second kappa shape index (κ2) is 3.26. The van der Waals surface area contributed by atoms with Crippen LogP contribution < -0.4 is 0 Å². The quantitative estimate of drug-likeness (QED) is 0.711. The molecular weight excluding hydrogens is 178 g/mol. The summed E-state index contributed by atoms with van der Waals surface area (Å²) in [7, 11) is -3.08. The van der Waals surface area contributed by atoms with Gasteiger partial charge in [-0.15, -0.1) is 0 Å². The van der Waals surface area contributed by atoms with Crippen LogP contribution >= 0.6 is 0 Å². The van der Waals surface area contributed by atoms with Crippen molar-refractivity contribution in [2.24, 2.45) is 0 Å². The predicted octanol–water partition coefficient (Wildman–Crippen LogP) is 0.998. The molecule has 0 atom stereocenters. The first kappa shape index (κ1) is 9.25. The minimum atomic E-state index is -3.08. The number of hydrogen-bond donors (Lipinski definition) is 0. The van der Waals surface area contributed by atoms with E-state index in [2.05, 4.69) is 4.98 Å². The van der Waals surface area contributed by atoms with Crippen LogP contribution in [0.4, 0.5) is 0 Å². The first-order chi connectivity index (χ1) is 5.52. The fourth-order valence-corrected chi connectivity index (χ4v) is 1.48. The summed E-state index contributed by atoms with van der Waals surface area (Å²) < 4.78 is 27.4. The highest BCUT2D eigenvalue weighted by Crippen LogP contribution is 2.08. The molecule has 0 aliphatic rings. The number of aromatic nitrogens is 1. The van der Waals surface area contributed by atoms with E-state index < -0.39 is 9.84 Å². The van der Waals surface area contributed by atoms with Gasteiger partial charge in [0.05, 0.1) is 11.4 Å². The second-order valence-electron chi connectivity index (χ2n) is 2.78. The van der Waals surface area contributed by atoms with Crippen LogP contribution in [0.2, 0.25) is 0 Å². The van der Waals surface area contributed by atoms with Crippen molar-refractivity contribution in [2.45, 2.75) is 24.9 Å². The van der Waals surface area contributed by atoms with E-state index in [-0.39, 0.29) is 16.9 Å². The van der Waals surface area contributed by atoms with Gasteiger partial charge in [-0.2, -0.15) is 0 Å². The topological polar surface area (TPSA) is 60.2 Å². The first-order valence-corrected chi connectivity index (χ1v) is 5.34. The summed E-state index contributed by atoms with van der Waals surface area (Å²) in [6.45, 7) is 3.27. The van der Waals surface area contributed by atoms with Crippen molar-refractivity contribution >= 4 is 9.84 Å². The van der Waals surface area contributed by atoms with Gasteiger partial charge in [0, 0.05) is 0 Å². The van der Waals surface area contributed by atoms with Crippen LogP contribution in [0.15, 0.2) is 16.9 Å². The Morgan fingerprint density at radius 1 is 1.58 bits per heavy atom. The van der Waals surface area contributed by atoms with E-state index in [0.29, 0.717) is 0 Å². The normalized spacial score (nSPS) is 12.2. The van der Waals surface area contributed by atoms with Gasteiger partial charge in [-0.3, -0.25) is 0 Å². The lowest BCUT2D eigenvalue weighted by Crippen LogP contribution is -2.16. The monoisotopic (exact) mass is 189 g/mol. The van der Waals surface area contributed by atoms with Crippen molar-refractivity contribution in [3.8, 4) is 0 Å². The van der Waals surface area contributed by atoms with Crippen molar-refractivity contribution < 1.29 is 12.8 Å². The lowest BCUT2D eigenvalue weighted by Gasteiger charge is -2.03. The number of oxazole rings is 1. The van der Waals surface area contributed by atoms with Crippen molar-refractivity contribution in [2.75, 3.05) is 0 Å². The molecule has 0 aromatic carbocycles. The number of hydrogen-bond acceptors (Lipinski definition) is 4. The zero-order valence-corrected chi connectivity index (χ0v) is 7.84. The Labute approximate surface area is 71.5 Å². The van der Waals surface area contributed by atoms with Crippen molar-refractivity contribution in [3.63, 3.8) is 0 Å². The third-order valence-corrected chi connectivity index (χ3v) is 3.61. The molecule has 0 aliphatic carbocycles. The summed E-state index contributed by atoms with van der Waals surface area (Å²) >= 11 is 0. The van der Waals surface area contributed by atoms with Crippen LogP contribution in [0.3, 0.4) is 0 Å². The molecular formula is C7H11NO3S. The second-order valence-corrected chi connectivity index (χ2v) is 5.34. The zero-order chi connectivity index (χ0) is 9.19. The highest BCUT2D eigenvalue weighted by Gasteiger charge is 2.18. The summed E-state index contributed by atoms with van der Waals surface area (Å²) in [5.74, 6) is 0.140. The van der Waals surface area contributed by atoms with Gasteiger partial charge in [0.15, 0.2) is 9.84 Å². The molecule has 0 aliphatic heterocycles. The van der Waals surface area contributed by atoms with Crippen molar-refractivity contribution in [1.82, 2.24) is 4.98 Å². The van der Waals surface area contributed by atoms with E-state index in [1.54, 1.807) is 13.8 Å². The number of nitrogens with zero attached hydrogens (tertiary/aromatic N) is 1. The molecule has 1 aromatic rings. The summed E-state index contributed by atoms with van der Waals surface area (Å²) in [6, 6.07) is 0. The lowest BCUT2D eigenvalue weighted by atomic mass is 10.6. The molecule has 0 bridgehead atoms. The van der Waals surface area contributed by atoms with E-state index in [4.69, 9.17) is 4.42 Å². The van der Waals surface area contributed by atoms with Gasteiger partial charge >= 0.3 is 0 Å². The van der Waals surface area contributed by atoms with Gasteiger partial charge < -0.3 is 4.42 Å². The van der Waals surface area contributed by atoms with Crippen LogP contribution in [0.25, 0.3) is 0 Å². The van der Waals surface area contributed by atoms with Crippen molar-refractivity contribution in [1.29, 1.82) is 0 Å². The fraction of sp³-hybridized carbons (Fsp3) is 0.571. The standard InChI is InChI=1S/C7H11NO3S/c1-6(2)12(9,10)5-7-8-3-4-11-7/h3-4,6H,5H2,1-2H3. The Morgan fingerprint density at radius 2 is 2.25 bits per heavy atom. The Balaban J connectivity index is 2.77. The molecule has 0 amide bonds. The maximum Gasteiger partial charge on any atom is 0.209 e. The molecule has 0 saturated carbocycles. The Kier molecular flexibility index (Phi) is 2.52. The van der Waals surface area contributed by atoms with Crippen LogP contribution in [0.1, 0.15) is 19.7 Å². The lowest BCUT2D eigenvalue weighted by molar-refractivity contribution is 0.506. The molecule has 4 nitrogen and oxygen atoms in total. The molecule has 68 valence electrons. The van der Waals surface area contributed by atoms with Crippen LogP contribution in [-0.4, -0.2) is 18.7 Å².